The van der Waals surface area contributed by atoms with Crippen LogP contribution in [0.15, 0.2) is 67.0 Å². The van der Waals surface area contributed by atoms with E-state index in [0.717, 1.165) is 37.7 Å². The Morgan fingerprint density at radius 3 is 2.29 bits per heavy atom. The molecule has 0 aromatic heterocycles. The smallest absolute Gasteiger partial charge is 0.269 e. The van der Waals surface area contributed by atoms with Crippen LogP contribution in [-0.2, 0) is 32.0 Å². The summed E-state index contributed by atoms with van der Waals surface area (Å²) in [5, 5.41) is 19.6. The Morgan fingerprint density at radius 1 is 0.956 bits per heavy atom. The monoisotopic (exact) mass is 618 g/mol. The molecular weight excluding hydrogens is 576 g/mol. The van der Waals surface area contributed by atoms with Crippen LogP contribution in [-0.4, -0.2) is 76.6 Å². The first kappa shape index (κ1) is 33.3. The number of nitro groups is 1. The fourth-order valence-electron chi connectivity index (χ4n) is 5.78. The van der Waals surface area contributed by atoms with Crippen LogP contribution in [0.4, 0.5) is 5.69 Å². The summed E-state index contributed by atoms with van der Waals surface area (Å²) in [6.45, 7) is 1.75. The zero-order chi connectivity index (χ0) is 32.3. The Morgan fingerprint density at radius 2 is 1.64 bits per heavy atom. The maximum absolute atomic E-state index is 13.7. The molecule has 0 unspecified atom stereocenters. The predicted molar refractivity (Wildman–Crippen MR) is 168 cm³/mol. The lowest BCUT2D eigenvalue weighted by molar-refractivity contribution is -0.384. The van der Waals surface area contributed by atoms with Crippen molar-refractivity contribution in [2.45, 2.75) is 70.0 Å². The molecule has 3 N–H and O–H groups in total. The summed E-state index contributed by atoms with van der Waals surface area (Å²) >= 11 is 0. The van der Waals surface area contributed by atoms with Gasteiger partial charge < -0.3 is 25.8 Å². The number of non-ortho nitro benzene ring substituents is 1. The number of likely N-dealkylation sites (N-methyl/N-ethyl adjacent to an activating group) is 1. The van der Waals surface area contributed by atoms with Gasteiger partial charge in [-0.1, -0.05) is 61.7 Å². The molecule has 240 valence electrons. The lowest BCUT2D eigenvalue weighted by atomic mass is 9.83. The first-order valence-electron chi connectivity index (χ1n) is 15.5. The molecule has 3 atom stereocenters. The zero-order valence-corrected chi connectivity index (χ0v) is 25.8. The van der Waals surface area contributed by atoms with Crippen molar-refractivity contribution in [3.63, 3.8) is 0 Å². The van der Waals surface area contributed by atoms with Crippen LogP contribution in [0.5, 0.6) is 0 Å². The number of hydrogen-bond donors (Lipinski definition) is 3. The normalized spacial score (nSPS) is 18.3. The summed E-state index contributed by atoms with van der Waals surface area (Å²) in [6.07, 6.45) is 8.50. The molecule has 1 fully saturated rings. The van der Waals surface area contributed by atoms with Gasteiger partial charge in [-0.15, -0.1) is 0 Å². The van der Waals surface area contributed by atoms with Gasteiger partial charge in [0.2, 0.25) is 23.6 Å². The first-order chi connectivity index (χ1) is 21.7. The summed E-state index contributed by atoms with van der Waals surface area (Å²) in [6, 6.07) is 13.5. The Bertz CT molecular complexity index is 1380. The van der Waals surface area contributed by atoms with E-state index in [4.69, 9.17) is 0 Å². The Kier molecular flexibility index (Phi) is 11.8. The SMILES string of the molecule is CN[C@@H](C)C(=O)N[C@H](C(=O)NCC(=O)N1C=CN(CCc2ccccc2)C(=O)[C@@H]1Cc1ccc([N+](=O)[O-])cc1)C1CCCCC1. The highest BCUT2D eigenvalue weighted by atomic mass is 16.6. The summed E-state index contributed by atoms with van der Waals surface area (Å²) in [5.74, 6) is -1.54. The van der Waals surface area contributed by atoms with Gasteiger partial charge in [-0.05, 0) is 50.3 Å². The molecule has 1 aliphatic carbocycles. The molecule has 0 saturated heterocycles. The van der Waals surface area contributed by atoms with Crippen molar-refractivity contribution in [2.75, 3.05) is 20.1 Å². The highest BCUT2D eigenvalue weighted by molar-refractivity contribution is 5.94. The largest absolute Gasteiger partial charge is 0.345 e. The molecule has 2 aliphatic rings. The van der Waals surface area contributed by atoms with Crippen molar-refractivity contribution in [1.82, 2.24) is 25.8 Å². The first-order valence-corrected chi connectivity index (χ1v) is 15.5. The molecule has 12 nitrogen and oxygen atoms in total. The quantitative estimate of drug-likeness (QED) is 0.230. The van der Waals surface area contributed by atoms with E-state index in [-0.39, 0.29) is 36.4 Å². The molecule has 0 radical (unpaired) electrons. The van der Waals surface area contributed by atoms with Crippen LogP contribution in [0.3, 0.4) is 0 Å². The molecule has 4 amide bonds. The molecule has 2 aromatic carbocycles. The van der Waals surface area contributed by atoms with Crippen molar-refractivity contribution in [2.24, 2.45) is 5.92 Å². The highest BCUT2D eigenvalue weighted by Gasteiger charge is 2.36. The summed E-state index contributed by atoms with van der Waals surface area (Å²) in [4.78, 5) is 66.9. The van der Waals surface area contributed by atoms with Gasteiger partial charge in [0.1, 0.15) is 12.1 Å². The van der Waals surface area contributed by atoms with E-state index >= 15 is 0 Å². The molecule has 2 aromatic rings. The number of carbonyl (C=O) groups excluding carboxylic acids is 4. The van der Waals surface area contributed by atoms with Crippen molar-refractivity contribution in [3.05, 3.63) is 88.2 Å². The maximum Gasteiger partial charge on any atom is 0.269 e. The minimum Gasteiger partial charge on any atom is -0.345 e. The van der Waals surface area contributed by atoms with Gasteiger partial charge in [-0.25, -0.2) is 0 Å². The predicted octanol–water partition coefficient (Wildman–Crippen LogP) is 2.68. The second-order valence-electron chi connectivity index (χ2n) is 11.6. The second-order valence-corrected chi connectivity index (χ2v) is 11.6. The van der Waals surface area contributed by atoms with Crippen LogP contribution in [0.25, 0.3) is 0 Å². The fraction of sp³-hybridized carbons (Fsp3) is 0.455. The third-order valence-electron chi connectivity index (χ3n) is 8.60. The van der Waals surface area contributed by atoms with Crippen molar-refractivity contribution in [3.8, 4) is 0 Å². The molecule has 12 heteroatoms. The molecule has 1 aliphatic heterocycles. The molecular formula is C33H42N6O6. The number of benzene rings is 2. The Balaban J connectivity index is 1.49. The van der Waals surface area contributed by atoms with Gasteiger partial charge in [0.25, 0.3) is 5.69 Å². The van der Waals surface area contributed by atoms with E-state index in [1.807, 2.05) is 30.3 Å². The lowest BCUT2D eigenvalue weighted by Gasteiger charge is -2.36. The average Bonchev–Trinajstić information content (AvgIpc) is 3.06. The number of amides is 4. The van der Waals surface area contributed by atoms with Gasteiger partial charge in [-0.3, -0.25) is 29.3 Å². The maximum atomic E-state index is 13.7. The molecule has 1 saturated carbocycles. The number of nitrogens with zero attached hydrogens (tertiary/aromatic N) is 3. The topological polar surface area (TPSA) is 154 Å². The van der Waals surface area contributed by atoms with Crippen molar-refractivity contribution in [1.29, 1.82) is 0 Å². The molecule has 45 heavy (non-hydrogen) atoms. The Labute approximate surface area is 263 Å². The van der Waals surface area contributed by atoms with Crippen LogP contribution in [0, 0.1) is 16.0 Å². The van der Waals surface area contributed by atoms with Crippen LogP contribution in [0.1, 0.15) is 50.2 Å². The summed E-state index contributed by atoms with van der Waals surface area (Å²) in [5.41, 5.74) is 1.64. The fourth-order valence-corrected chi connectivity index (χ4v) is 5.78. The van der Waals surface area contributed by atoms with E-state index < -0.39 is 34.9 Å². The average molecular weight is 619 g/mol. The Hall–Kier alpha value is -4.58. The van der Waals surface area contributed by atoms with E-state index in [1.165, 1.54) is 17.0 Å². The number of carbonyl (C=O) groups is 4. The molecule has 0 spiro atoms. The standard InChI is InChI=1S/C33H42N6O6/c1-23(34-2)31(41)36-30(26-11-7-4-8-12-26)32(42)35-22-29(40)38-20-19-37(18-17-24-9-5-3-6-10-24)33(43)28(38)21-25-13-15-27(16-14-25)39(44)45/h3,5-6,9-10,13-16,19-20,23,26,28,30,34H,4,7-8,11-12,17-18,21-22H2,1-2H3,(H,35,42)(H,36,41)/t23-,28-,30-/m0/s1. The molecule has 1 heterocycles. The minimum absolute atomic E-state index is 0.0358. The van der Waals surface area contributed by atoms with Gasteiger partial charge in [0.05, 0.1) is 17.5 Å². The number of nitro benzene ring substituents is 1. The highest BCUT2D eigenvalue weighted by Crippen LogP contribution is 2.27. The van der Waals surface area contributed by atoms with E-state index in [2.05, 4.69) is 16.0 Å². The zero-order valence-electron chi connectivity index (χ0n) is 25.8. The van der Waals surface area contributed by atoms with Gasteiger partial charge in [-0.2, -0.15) is 0 Å². The second kappa shape index (κ2) is 15.9. The number of nitrogens with one attached hydrogen (secondary N) is 3. The molecule has 0 bridgehead atoms. The number of hydrogen-bond acceptors (Lipinski definition) is 7. The van der Waals surface area contributed by atoms with E-state index in [0.29, 0.717) is 18.5 Å². The lowest BCUT2D eigenvalue weighted by Crippen LogP contribution is -2.57. The van der Waals surface area contributed by atoms with Crippen LogP contribution >= 0.6 is 0 Å². The van der Waals surface area contributed by atoms with E-state index in [1.54, 1.807) is 43.4 Å². The third-order valence-corrected chi connectivity index (χ3v) is 8.60. The van der Waals surface area contributed by atoms with Crippen molar-refractivity contribution >= 4 is 29.3 Å². The summed E-state index contributed by atoms with van der Waals surface area (Å²) < 4.78 is 0. The van der Waals surface area contributed by atoms with Gasteiger partial charge in [0.15, 0.2) is 0 Å². The third kappa shape index (κ3) is 8.98. The van der Waals surface area contributed by atoms with Crippen molar-refractivity contribution < 1.29 is 24.1 Å². The van der Waals surface area contributed by atoms with E-state index in [9.17, 15) is 29.3 Å². The minimum atomic E-state index is -0.915. The molecule has 4 rings (SSSR count). The van der Waals surface area contributed by atoms with Crippen LogP contribution < -0.4 is 16.0 Å². The summed E-state index contributed by atoms with van der Waals surface area (Å²) in [7, 11) is 1.67. The number of rotatable bonds is 13. The van der Waals surface area contributed by atoms with Gasteiger partial charge in [0, 0.05) is 37.5 Å². The van der Waals surface area contributed by atoms with Gasteiger partial charge >= 0.3 is 0 Å². The van der Waals surface area contributed by atoms with Crippen LogP contribution in [0.2, 0.25) is 0 Å².